The highest BCUT2D eigenvalue weighted by molar-refractivity contribution is 6.07. The zero-order valence-electron chi connectivity index (χ0n) is 14.9. The van der Waals surface area contributed by atoms with Crippen LogP contribution in [0.2, 0.25) is 0 Å². The van der Waals surface area contributed by atoms with E-state index in [2.05, 4.69) is 10.6 Å². The molecule has 3 aliphatic heterocycles. The number of nitrogens with one attached hydrogen (secondary N) is 2. The molecule has 0 bridgehead atoms. The monoisotopic (exact) mass is 370 g/mol. The molecule has 1 atom stereocenters. The number of carbonyl (C=O) groups excluding carboxylic acids is 4. The Hall–Kier alpha value is -2.90. The first-order valence-corrected chi connectivity index (χ1v) is 9.21. The quantitative estimate of drug-likeness (QED) is 0.745. The Bertz CT molecular complexity index is 786. The summed E-state index contributed by atoms with van der Waals surface area (Å²) in [6, 6.07) is 9.25. The van der Waals surface area contributed by atoms with Gasteiger partial charge in [-0.05, 0) is 18.4 Å². The molecule has 1 aromatic carbocycles. The average molecular weight is 370 g/mol. The van der Waals surface area contributed by atoms with Gasteiger partial charge in [0.15, 0.2) is 0 Å². The summed E-state index contributed by atoms with van der Waals surface area (Å²) in [5.74, 6) is -0.710. The molecule has 5 amide bonds. The Balaban J connectivity index is 1.35. The van der Waals surface area contributed by atoms with Crippen LogP contribution in [0.15, 0.2) is 30.3 Å². The maximum atomic E-state index is 12.9. The van der Waals surface area contributed by atoms with Crippen molar-refractivity contribution in [3.8, 4) is 0 Å². The highest BCUT2D eigenvalue weighted by atomic mass is 16.2. The van der Waals surface area contributed by atoms with Gasteiger partial charge in [0.05, 0.1) is 5.92 Å². The lowest BCUT2D eigenvalue weighted by Crippen LogP contribution is -2.56. The lowest BCUT2D eigenvalue weighted by molar-refractivity contribution is -0.139. The predicted molar refractivity (Wildman–Crippen MR) is 95.2 cm³/mol. The van der Waals surface area contributed by atoms with Crippen molar-refractivity contribution >= 4 is 23.8 Å². The largest absolute Gasteiger partial charge is 0.342 e. The van der Waals surface area contributed by atoms with Crippen molar-refractivity contribution in [3.05, 3.63) is 35.9 Å². The molecule has 0 saturated carbocycles. The minimum absolute atomic E-state index is 0.00637. The molecular weight excluding hydrogens is 348 g/mol. The van der Waals surface area contributed by atoms with Gasteiger partial charge in [-0.2, -0.15) is 0 Å². The van der Waals surface area contributed by atoms with Gasteiger partial charge in [-0.25, -0.2) is 4.79 Å². The second-order valence-electron chi connectivity index (χ2n) is 7.48. The third-order valence-corrected chi connectivity index (χ3v) is 5.72. The molecule has 4 rings (SSSR count). The highest BCUT2D eigenvalue weighted by Crippen LogP contribution is 2.28. The summed E-state index contributed by atoms with van der Waals surface area (Å²) < 4.78 is 0. The molecule has 0 radical (unpaired) electrons. The fourth-order valence-corrected chi connectivity index (χ4v) is 4.14. The second-order valence-corrected chi connectivity index (χ2v) is 7.48. The Kier molecular flexibility index (Phi) is 4.33. The molecule has 3 heterocycles. The van der Waals surface area contributed by atoms with E-state index in [0.29, 0.717) is 39.0 Å². The molecule has 2 N–H and O–H groups in total. The molecule has 1 aromatic rings. The van der Waals surface area contributed by atoms with Gasteiger partial charge in [0.1, 0.15) is 5.54 Å². The summed E-state index contributed by atoms with van der Waals surface area (Å²) in [4.78, 5) is 52.0. The van der Waals surface area contributed by atoms with Crippen LogP contribution in [0.5, 0.6) is 0 Å². The van der Waals surface area contributed by atoms with Crippen LogP contribution in [-0.4, -0.2) is 58.7 Å². The van der Waals surface area contributed by atoms with Crippen molar-refractivity contribution in [3.63, 3.8) is 0 Å². The number of nitrogens with zero attached hydrogens (tertiary/aromatic N) is 2. The number of rotatable bonds is 3. The maximum Gasteiger partial charge on any atom is 0.322 e. The molecule has 3 saturated heterocycles. The van der Waals surface area contributed by atoms with Crippen LogP contribution >= 0.6 is 0 Å². The fraction of sp³-hybridized carbons (Fsp3) is 0.474. The number of amides is 5. The number of benzene rings is 1. The summed E-state index contributed by atoms with van der Waals surface area (Å²) in [5, 5.41) is 4.96. The number of hydrogen-bond donors (Lipinski definition) is 2. The second kappa shape index (κ2) is 6.68. The van der Waals surface area contributed by atoms with Gasteiger partial charge in [0.25, 0.3) is 5.91 Å². The number of likely N-dealkylation sites (tertiary alicyclic amines) is 2. The van der Waals surface area contributed by atoms with Gasteiger partial charge >= 0.3 is 6.03 Å². The van der Waals surface area contributed by atoms with Crippen LogP contribution in [0.25, 0.3) is 0 Å². The van der Waals surface area contributed by atoms with E-state index >= 15 is 0 Å². The number of carbonyl (C=O) groups is 4. The molecule has 8 nitrogen and oxygen atoms in total. The average Bonchev–Trinajstić information content (AvgIpc) is 3.15. The number of hydrogen-bond acceptors (Lipinski definition) is 4. The van der Waals surface area contributed by atoms with Crippen LogP contribution < -0.4 is 10.6 Å². The van der Waals surface area contributed by atoms with Crippen molar-refractivity contribution in [1.82, 2.24) is 20.4 Å². The molecule has 0 aliphatic carbocycles. The normalized spacial score (nSPS) is 24.3. The van der Waals surface area contributed by atoms with E-state index in [1.165, 1.54) is 0 Å². The molecule has 142 valence electrons. The maximum absolute atomic E-state index is 12.9. The lowest BCUT2D eigenvalue weighted by Gasteiger charge is -2.37. The van der Waals surface area contributed by atoms with E-state index in [0.717, 1.165) is 5.56 Å². The summed E-state index contributed by atoms with van der Waals surface area (Å²) in [6.45, 7) is 1.73. The van der Waals surface area contributed by atoms with E-state index in [1.807, 2.05) is 30.3 Å². The van der Waals surface area contributed by atoms with Gasteiger partial charge in [-0.1, -0.05) is 30.3 Å². The van der Waals surface area contributed by atoms with E-state index in [9.17, 15) is 19.2 Å². The van der Waals surface area contributed by atoms with E-state index in [4.69, 9.17) is 0 Å². The van der Waals surface area contributed by atoms with Crippen molar-refractivity contribution in [2.45, 2.75) is 31.3 Å². The zero-order valence-corrected chi connectivity index (χ0v) is 14.9. The van der Waals surface area contributed by atoms with E-state index in [1.54, 1.807) is 9.80 Å². The van der Waals surface area contributed by atoms with Crippen LogP contribution in [0.1, 0.15) is 24.8 Å². The topological polar surface area (TPSA) is 98.8 Å². The minimum Gasteiger partial charge on any atom is -0.342 e. The first kappa shape index (κ1) is 17.5. The molecule has 1 spiro atoms. The highest BCUT2D eigenvalue weighted by Gasteiger charge is 2.49. The number of urea groups is 1. The molecule has 0 aromatic heterocycles. The summed E-state index contributed by atoms with van der Waals surface area (Å²) in [7, 11) is 0. The van der Waals surface area contributed by atoms with Crippen LogP contribution in [-0.2, 0) is 20.9 Å². The van der Waals surface area contributed by atoms with Crippen molar-refractivity contribution in [2.75, 3.05) is 19.6 Å². The van der Waals surface area contributed by atoms with Gasteiger partial charge in [-0.15, -0.1) is 0 Å². The Morgan fingerprint density at radius 2 is 1.81 bits per heavy atom. The lowest BCUT2D eigenvalue weighted by atomic mass is 9.87. The molecule has 27 heavy (non-hydrogen) atoms. The van der Waals surface area contributed by atoms with Crippen LogP contribution in [0.3, 0.4) is 0 Å². The summed E-state index contributed by atoms with van der Waals surface area (Å²) in [6.07, 6.45) is 1.01. The predicted octanol–water partition coefficient (Wildman–Crippen LogP) is 0.236. The Morgan fingerprint density at radius 3 is 2.44 bits per heavy atom. The number of piperidine rings is 1. The molecule has 0 unspecified atom stereocenters. The first-order valence-electron chi connectivity index (χ1n) is 9.21. The number of imide groups is 1. The van der Waals surface area contributed by atoms with E-state index in [-0.39, 0.29) is 30.1 Å². The molecule has 3 aliphatic rings. The molecular formula is C19H22N4O4. The first-order chi connectivity index (χ1) is 13.0. The third-order valence-electron chi connectivity index (χ3n) is 5.72. The molecule has 8 heteroatoms. The standard InChI is InChI=1S/C19H22N4O4/c24-15-10-14(12-23(15)11-13-4-2-1-3-5-13)16(25)22-8-6-19(7-9-22)17(26)20-18(27)21-19/h1-5,14H,6-12H2,(H2,20,21,26,27)/t14-/m1/s1. The van der Waals surface area contributed by atoms with E-state index < -0.39 is 11.6 Å². The van der Waals surface area contributed by atoms with Gasteiger partial charge < -0.3 is 15.1 Å². The van der Waals surface area contributed by atoms with Gasteiger partial charge in [-0.3, -0.25) is 19.7 Å². The smallest absolute Gasteiger partial charge is 0.322 e. The summed E-state index contributed by atoms with van der Waals surface area (Å²) in [5.41, 5.74) is 0.153. The van der Waals surface area contributed by atoms with Gasteiger partial charge in [0.2, 0.25) is 11.8 Å². The minimum atomic E-state index is -0.890. The Labute approximate surface area is 156 Å². The SMILES string of the molecule is O=C1NC(=O)C2(CCN(C(=O)[C@@H]3CC(=O)N(Cc4ccccc4)C3)CC2)N1. The third kappa shape index (κ3) is 3.27. The van der Waals surface area contributed by atoms with Crippen molar-refractivity contribution in [1.29, 1.82) is 0 Å². The van der Waals surface area contributed by atoms with Crippen molar-refractivity contribution in [2.24, 2.45) is 5.92 Å². The van der Waals surface area contributed by atoms with Crippen LogP contribution in [0.4, 0.5) is 4.79 Å². The van der Waals surface area contributed by atoms with Gasteiger partial charge in [0, 0.05) is 32.6 Å². The Morgan fingerprint density at radius 1 is 1.11 bits per heavy atom. The fourth-order valence-electron chi connectivity index (χ4n) is 4.14. The summed E-state index contributed by atoms with van der Waals surface area (Å²) >= 11 is 0. The molecule has 3 fully saturated rings. The van der Waals surface area contributed by atoms with Crippen molar-refractivity contribution < 1.29 is 19.2 Å². The van der Waals surface area contributed by atoms with Crippen LogP contribution in [0, 0.1) is 5.92 Å². The zero-order chi connectivity index (χ0) is 19.0.